The molecule has 6 nitrogen and oxygen atoms in total. The number of nitrogens with one attached hydrogen (secondary N) is 1. The van der Waals surface area contributed by atoms with E-state index in [2.05, 4.69) is 20.3 Å². The zero-order chi connectivity index (χ0) is 18.6. The van der Waals surface area contributed by atoms with Gasteiger partial charge < -0.3 is 5.32 Å². The van der Waals surface area contributed by atoms with Gasteiger partial charge in [0.25, 0.3) is 5.91 Å². The van der Waals surface area contributed by atoms with Crippen molar-refractivity contribution in [2.24, 2.45) is 0 Å². The molecule has 1 amide bonds. The highest BCUT2D eigenvalue weighted by molar-refractivity contribution is 6.04. The number of nitrogens with zero attached hydrogens (tertiary/aromatic N) is 4. The molecule has 2 aromatic heterocycles. The van der Waals surface area contributed by atoms with Crippen LogP contribution in [0.1, 0.15) is 16.2 Å². The Kier molecular flexibility index (Phi) is 4.45. The summed E-state index contributed by atoms with van der Waals surface area (Å²) >= 11 is 0. The number of hydrogen-bond donors (Lipinski definition) is 1. The quantitative estimate of drug-likeness (QED) is 0.603. The molecule has 0 aliphatic carbocycles. The number of carbonyl (C=O) groups is 1. The van der Waals surface area contributed by atoms with Crippen molar-refractivity contribution in [1.29, 1.82) is 0 Å². The monoisotopic (exact) mass is 355 g/mol. The van der Waals surface area contributed by atoms with Gasteiger partial charge >= 0.3 is 0 Å². The van der Waals surface area contributed by atoms with Gasteiger partial charge in [0.05, 0.1) is 18.1 Å². The van der Waals surface area contributed by atoms with Crippen molar-refractivity contribution in [3.05, 3.63) is 90.8 Å². The second-order valence-electron chi connectivity index (χ2n) is 6.01. The van der Waals surface area contributed by atoms with Crippen molar-refractivity contribution in [2.45, 2.75) is 6.92 Å². The lowest BCUT2D eigenvalue weighted by molar-refractivity contribution is 0.102. The molecule has 2 aromatic carbocycles. The molecule has 0 spiro atoms. The van der Waals surface area contributed by atoms with E-state index in [0.29, 0.717) is 17.2 Å². The molecule has 0 aliphatic rings. The third-order valence-corrected chi connectivity index (χ3v) is 4.19. The maximum absolute atomic E-state index is 12.4. The first-order valence-corrected chi connectivity index (χ1v) is 8.50. The van der Waals surface area contributed by atoms with Crippen LogP contribution in [0.15, 0.2) is 79.4 Å². The minimum absolute atomic E-state index is 0.204. The van der Waals surface area contributed by atoms with Gasteiger partial charge in [-0.3, -0.25) is 9.36 Å². The highest BCUT2D eigenvalue weighted by Gasteiger charge is 2.08. The Labute approximate surface area is 156 Å². The second-order valence-corrected chi connectivity index (χ2v) is 6.01. The Hall–Kier alpha value is -3.80. The van der Waals surface area contributed by atoms with Crippen molar-refractivity contribution in [3.63, 3.8) is 0 Å². The lowest BCUT2D eigenvalue weighted by Gasteiger charge is -2.07. The molecule has 4 aromatic rings. The number of hydrogen-bond acceptors (Lipinski definition) is 4. The van der Waals surface area contributed by atoms with Crippen LogP contribution in [0.25, 0.3) is 17.1 Å². The van der Waals surface area contributed by atoms with Gasteiger partial charge in [0.15, 0.2) is 0 Å². The van der Waals surface area contributed by atoms with Crippen molar-refractivity contribution >= 4 is 11.6 Å². The zero-order valence-electron chi connectivity index (χ0n) is 14.7. The Morgan fingerprint density at radius 2 is 1.56 bits per heavy atom. The summed E-state index contributed by atoms with van der Waals surface area (Å²) in [5, 5.41) is 2.82. The maximum atomic E-state index is 12.4. The van der Waals surface area contributed by atoms with Crippen LogP contribution in [0.3, 0.4) is 0 Å². The van der Waals surface area contributed by atoms with Gasteiger partial charge in [0, 0.05) is 18.0 Å². The van der Waals surface area contributed by atoms with Crippen LogP contribution in [0, 0.1) is 6.92 Å². The first-order valence-electron chi connectivity index (χ1n) is 8.50. The first-order chi connectivity index (χ1) is 13.2. The number of benzene rings is 2. The summed E-state index contributed by atoms with van der Waals surface area (Å²) in [7, 11) is 0. The molecular formula is C21H17N5O. The molecule has 0 unspecified atom stereocenters. The Balaban J connectivity index is 1.47. The summed E-state index contributed by atoms with van der Waals surface area (Å²) in [6.07, 6.45) is 6.64. The minimum atomic E-state index is -0.204. The highest BCUT2D eigenvalue weighted by atomic mass is 16.1. The average Bonchev–Trinajstić information content (AvgIpc) is 3.15. The van der Waals surface area contributed by atoms with E-state index in [9.17, 15) is 4.79 Å². The summed E-state index contributed by atoms with van der Waals surface area (Å²) in [6, 6.07) is 17.5. The Morgan fingerprint density at radius 1 is 0.889 bits per heavy atom. The van der Waals surface area contributed by atoms with E-state index in [4.69, 9.17) is 0 Å². The number of rotatable bonds is 4. The van der Waals surface area contributed by atoms with Gasteiger partial charge in [-0.15, -0.1) is 0 Å². The van der Waals surface area contributed by atoms with Crippen molar-refractivity contribution in [2.75, 3.05) is 5.32 Å². The van der Waals surface area contributed by atoms with Crippen LogP contribution < -0.4 is 5.32 Å². The molecule has 0 atom stereocenters. The van der Waals surface area contributed by atoms with Crippen molar-refractivity contribution in [3.8, 4) is 17.1 Å². The number of carbonyl (C=O) groups excluding carboxylic acids is 1. The summed E-state index contributed by atoms with van der Waals surface area (Å²) < 4.78 is 1.77. The van der Waals surface area contributed by atoms with E-state index in [0.717, 1.165) is 17.0 Å². The predicted octanol–water partition coefficient (Wildman–Crippen LogP) is 3.89. The van der Waals surface area contributed by atoms with Gasteiger partial charge in [0.1, 0.15) is 5.82 Å². The van der Waals surface area contributed by atoms with E-state index in [-0.39, 0.29) is 5.91 Å². The third-order valence-electron chi connectivity index (χ3n) is 4.19. The van der Waals surface area contributed by atoms with E-state index < -0.39 is 0 Å². The standard InChI is InChI=1S/C21H17N5O/c1-15-22-11-12-26(15)21-23-13-19(14-24-21)25-20(27)18-9-7-17(8-10-18)16-5-3-2-4-6-16/h2-14H,1H3,(H,25,27). The number of aryl methyl sites for hydroxylation is 1. The molecule has 132 valence electrons. The summed E-state index contributed by atoms with van der Waals surface area (Å²) in [5.74, 6) is 1.10. The number of anilines is 1. The average molecular weight is 355 g/mol. The van der Waals surface area contributed by atoms with Crippen molar-refractivity contribution in [1.82, 2.24) is 19.5 Å². The smallest absolute Gasteiger partial charge is 0.255 e. The van der Waals surface area contributed by atoms with Crippen LogP contribution in [-0.2, 0) is 0 Å². The first kappa shape index (κ1) is 16.7. The Morgan fingerprint density at radius 3 is 2.19 bits per heavy atom. The molecule has 27 heavy (non-hydrogen) atoms. The SMILES string of the molecule is Cc1nccn1-c1ncc(NC(=O)c2ccc(-c3ccccc3)cc2)cn1. The largest absolute Gasteiger partial charge is 0.319 e. The van der Waals surface area contributed by atoms with E-state index >= 15 is 0 Å². The fourth-order valence-electron chi connectivity index (χ4n) is 2.75. The molecule has 6 heteroatoms. The molecule has 0 aliphatic heterocycles. The molecule has 1 N–H and O–H groups in total. The van der Waals surface area contributed by atoms with Gasteiger partial charge in [-0.25, -0.2) is 15.0 Å². The van der Waals surface area contributed by atoms with Crippen LogP contribution in [0.4, 0.5) is 5.69 Å². The Bertz CT molecular complexity index is 1050. The molecular weight excluding hydrogens is 338 g/mol. The molecule has 0 fully saturated rings. The summed E-state index contributed by atoms with van der Waals surface area (Å²) in [4.78, 5) is 25.2. The molecule has 0 bridgehead atoms. The van der Waals surface area contributed by atoms with Gasteiger partial charge in [-0.2, -0.15) is 0 Å². The molecule has 0 radical (unpaired) electrons. The summed E-state index contributed by atoms with van der Waals surface area (Å²) in [5.41, 5.74) is 3.29. The van der Waals surface area contributed by atoms with Gasteiger partial charge in [-0.1, -0.05) is 42.5 Å². The fourth-order valence-corrected chi connectivity index (χ4v) is 2.75. The van der Waals surface area contributed by atoms with Crippen LogP contribution >= 0.6 is 0 Å². The summed E-state index contributed by atoms with van der Waals surface area (Å²) in [6.45, 7) is 1.87. The maximum Gasteiger partial charge on any atom is 0.255 e. The number of amides is 1. The highest BCUT2D eigenvalue weighted by Crippen LogP contribution is 2.19. The topological polar surface area (TPSA) is 72.7 Å². The molecule has 2 heterocycles. The van der Waals surface area contributed by atoms with E-state index in [1.54, 1.807) is 29.4 Å². The second kappa shape index (κ2) is 7.21. The number of imidazole rings is 1. The fraction of sp³-hybridized carbons (Fsp3) is 0.0476. The van der Waals surface area contributed by atoms with Crippen LogP contribution in [-0.4, -0.2) is 25.4 Å². The molecule has 0 saturated carbocycles. The van der Waals surface area contributed by atoms with E-state index in [1.165, 1.54) is 0 Å². The normalized spacial score (nSPS) is 10.6. The van der Waals surface area contributed by atoms with Gasteiger partial charge in [0.2, 0.25) is 5.95 Å². The predicted molar refractivity (Wildman–Crippen MR) is 104 cm³/mol. The lowest BCUT2D eigenvalue weighted by Crippen LogP contribution is -2.13. The minimum Gasteiger partial charge on any atom is -0.319 e. The zero-order valence-corrected chi connectivity index (χ0v) is 14.7. The van der Waals surface area contributed by atoms with Crippen molar-refractivity contribution < 1.29 is 4.79 Å². The lowest BCUT2D eigenvalue weighted by atomic mass is 10.0. The van der Waals surface area contributed by atoms with Crippen LogP contribution in [0.2, 0.25) is 0 Å². The number of aromatic nitrogens is 4. The molecule has 0 saturated heterocycles. The van der Waals surface area contributed by atoms with E-state index in [1.807, 2.05) is 61.5 Å². The van der Waals surface area contributed by atoms with Crippen LogP contribution in [0.5, 0.6) is 0 Å². The third kappa shape index (κ3) is 3.59. The molecule has 4 rings (SSSR count). The van der Waals surface area contributed by atoms with Gasteiger partial charge in [-0.05, 0) is 30.2 Å².